The molecule has 0 spiro atoms. The van der Waals surface area contributed by atoms with Crippen molar-refractivity contribution in [2.45, 2.75) is 45.0 Å². The lowest BCUT2D eigenvalue weighted by atomic mass is 9.54. The van der Waals surface area contributed by atoms with Gasteiger partial charge in [-0.05, 0) is 24.3 Å². The van der Waals surface area contributed by atoms with Crippen molar-refractivity contribution < 1.29 is 13.2 Å². The summed E-state index contributed by atoms with van der Waals surface area (Å²) < 4.78 is 42.3. The third-order valence-corrected chi connectivity index (χ3v) is 4.70. The van der Waals surface area contributed by atoms with Gasteiger partial charge in [0.25, 0.3) is 0 Å². The van der Waals surface area contributed by atoms with Gasteiger partial charge in [0.15, 0.2) is 5.83 Å². The van der Waals surface area contributed by atoms with Crippen LogP contribution in [-0.2, 0) is 0 Å². The highest BCUT2D eigenvalue weighted by Crippen LogP contribution is 2.61. The van der Waals surface area contributed by atoms with Crippen LogP contribution in [0.2, 0.25) is 0 Å². The van der Waals surface area contributed by atoms with Gasteiger partial charge in [0.1, 0.15) is 0 Å². The second-order valence-electron chi connectivity index (χ2n) is 5.64. The van der Waals surface area contributed by atoms with Crippen molar-refractivity contribution in [1.82, 2.24) is 0 Å². The quantitative estimate of drug-likeness (QED) is 0.596. The normalized spacial score (nSPS) is 33.9. The largest absolute Gasteiger partial charge is 0.311 e. The maximum Gasteiger partial charge on any atom is 0.311 e. The van der Waals surface area contributed by atoms with E-state index in [-0.39, 0.29) is 0 Å². The average molecular weight is 256 g/mol. The van der Waals surface area contributed by atoms with Crippen molar-refractivity contribution in [2.24, 2.45) is 10.8 Å². The lowest BCUT2D eigenvalue weighted by molar-refractivity contribution is -0.124. The van der Waals surface area contributed by atoms with E-state index >= 15 is 0 Å². The Hall–Kier alpha value is -0.990. The molecule has 1 fully saturated rings. The van der Waals surface area contributed by atoms with Crippen LogP contribution in [0.1, 0.15) is 39.0 Å². The molecule has 0 nitrogen and oxygen atoms in total. The highest BCUT2D eigenvalue weighted by molar-refractivity contribution is 5.35. The molecule has 0 heterocycles. The van der Waals surface area contributed by atoms with Gasteiger partial charge in [0, 0.05) is 0 Å². The molecule has 0 amide bonds. The second kappa shape index (κ2) is 4.29. The van der Waals surface area contributed by atoms with Gasteiger partial charge in [-0.15, -0.1) is 6.58 Å². The first-order valence-corrected chi connectivity index (χ1v) is 6.46. The van der Waals surface area contributed by atoms with E-state index in [9.17, 15) is 13.2 Å². The Morgan fingerprint density at radius 1 is 1.22 bits per heavy atom. The Morgan fingerprint density at radius 2 is 1.83 bits per heavy atom. The Kier molecular flexibility index (Phi) is 3.20. The molecule has 0 aromatic carbocycles. The summed E-state index contributed by atoms with van der Waals surface area (Å²) in [6.07, 6.45) is 9.22. The van der Waals surface area contributed by atoms with Crippen LogP contribution in [0.25, 0.3) is 0 Å². The molecule has 0 radical (unpaired) electrons. The van der Waals surface area contributed by atoms with E-state index in [1.54, 1.807) is 0 Å². The Balaban J connectivity index is 2.51. The minimum absolute atomic E-state index is 0.626. The minimum atomic E-state index is -3.49. The van der Waals surface area contributed by atoms with Crippen LogP contribution < -0.4 is 0 Å². The van der Waals surface area contributed by atoms with Gasteiger partial charge < -0.3 is 0 Å². The molecule has 0 aromatic heterocycles. The Bertz CT molecular complexity index is 400. The number of allylic oxidation sites excluding steroid dienone is 5. The van der Waals surface area contributed by atoms with Crippen LogP contribution >= 0.6 is 0 Å². The fraction of sp³-hybridized carbons (Fsp3) is 0.600. The molecular formula is C15H19F3. The van der Waals surface area contributed by atoms with Crippen LogP contribution in [0.4, 0.5) is 13.2 Å². The van der Waals surface area contributed by atoms with Crippen molar-refractivity contribution in [3.63, 3.8) is 0 Å². The first kappa shape index (κ1) is 13.4. The van der Waals surface area contributed by atoms with Gasteiger partial charge in [0.2, 0.25) is 0 Å². The molecule has 18 heavy (non-hydrogen) atoms. The first-order chi connectivity index (χ1) is 8.40. The van der Waals surface area contributed by atoms with Gasteiger partial charge in [-0.3, -0.25) is 0 Å². The van der Waals surface area contributed by atoms with Gasteiger partial charge in [0.05, 0.1) is 5.41 Å². The summed E-state index contributed by atoms with van der Waals surface area (Å²) in [6, 6.07) is 0. The zero-order valence-electron chi connectivity index (χ0n) is 10.7. The standard InChI is InChI=1S/C15H19F3/c1-3-14(13(2)9-5-4-6-10-13)11-7-8-12(16)15(14,17)18/h3,7-8,11H,1,4-6,9-10H2,2H3. The predicted molar refractivity (Wildman–Crippen MR) is 67.1 cm³/mol. The minimum Gasteiger partial charge on any atom is -0.205 e. The number of hydrogen-bond acceptors (Lipinski definition) is 0. The fourth-order valence-corrected chi connectivity index (χ4v) is 3.46. The second-order valence-corrected chi connectivity index (χ2v) is 5.64. The monoisotopic (exact) mass is 256 g/mol. The Labute approximate surface area is 106 Å². The smallest absolute Gasteiger partial charge is 0.205 e. The maximum atomic E-state index is 14.4. The molecule has 0 saturated heterocycles. The van der Waals surface area contributed by atoms with Crippen LogP contribution in [0.5, 0.6) is 0 Å². The lowest BCUT2D eigenvalue weighted by Crippen LogP contribution is -2.52. The van der Waals surface area contributed by atoms with Crippen molar-refractivity contribution >= 4 is 0 Å². The van der Waals surface area contributed by atoms with E-state index in [0.29, 0.717) is 12.8 Å². The highest BCUT2D eigenvalue weighted by Gasteiger charge is 2.63. The Morgan fingerprint density at radius 3 is 2.39 bits per heavy atom. The van der Waals surface area contributed by atoms with Crippen LogP contribution in [0.3, 0.4) is 0 Å². The van der Waals surface area contributed by atoms with E-state index in [4.69, 9.17) is 0 Å². The van der Waals surface area contributed by atoms with Crippen molar-refractivity contribution in [2.75, 3.05) is 0 Å². The summed E-state index contributed by atoms with van der Waals surface area (Å²) in [4.78, 5) is 0. The van der Waals surface area contributed by atoms with E-state index in [1.807, 2.05) is 6.92 Å². The molecule has 2 aliphatic carbocycles. The first-order valence-electron chi connectivity index (χ1n) is 6.46. The van der Waals surface area contributed by atoms with E-state index in [2.05, 4.69) is 6.58 Å². The fourth-order valence-electron chi connectivity index (χ4n) is 3.46. The average Bonchev–Trinajstić information content (AvgIpc) is 2.33. The molecule has 100 valence electrons. The van der Waals surface area contributed by atoms with Crippen molar-refractivity contribution in [3.05, 3.63) is 36.7 Å². The van der Waals surface area contributed by atoms with E-state index in [0.717, 1.165) is 25.3 Å². The summed E-state index contributed by atoms with van der Waals surface area (Å²) in [5, 5.41) is 0. The molecule has 1 atom stereocenters. The van der Waals surface area contributed by atoms with Gasteiger partial charge in [-0.2, -0.15) is 8.78 Å². The number of hydrogen-bond donors (Lipinski definition) is 0. The summed E-state index contributed by atoms with van der Waals surface area (Å²) in [5.41, 5.74) is -2.22. The number of alkyl halides is 2. The van der Waals surface area contributed by atoms with Gasteiger partial charge in [-0.25, -0.2) is 4.39 Å². The zero-order chi connectivity index (χ0) is 13.4. The molecule has 2 aliphatic rings. The number of rotatable bonds is 2. The molecule has 0 aliphatic heterocycles. The highest BCUT2D eigenvalue weighted by atomic mass is 19.3. The molecule has 1 saturated carbocycles. The predicted octanol–water partition coefficient (Wildman–Crippen LogP) is 5.19. The zero-order valence-corrected chi connectivity index (χ0v) is 10.7. The third kappa shape index (κ3) is 1.59. The molecule has 0 aromatic rings. The maximum absolute atomic E-state index is 14.4. The molecule has 2 rings (SSSR count). The van der Waals surface area contributed by atoms with E-state index < -0.39 is 22.6 Å². The van der Waals surface area contributed by atoms with Crippen LogP contribution in [-0.4, -0.2) is 5.92 Å². The number of halogens is 3. The summed E-state index contributed by atoms with van der Waals surface area (Å²) >= 11 is 0. The van der Waals surface area contributed by atoms with Crippen LogP contribution in [0, 0.1) is 10.8 Å². The SMILES string of the molecule is C=CC1(C2(C)CCCCC2)C=CC=C(F)C1(F)F. The third-order valence-electron chi connectivity index (χ3n) is 4.70. The molecule has 3 heteroatoms. The topological polar surface area (TPSA) is 0 Å². The van der Waals surface area contributed by atoms with Crippen molar-refractivity contribution in [3.8, 4) is 0 Å². The van der Waals surface area contributed by atoms with Gasteiger partial charge in [-0.1, -0.05) is 44.4 Å². The summed E-state index contributed by atoms with van der Waals surface area (Å²) in [6.45, 7) is 5.42. The summed E-state index contributed by atoms with van der Waals surface area (Å²) in [7, 11) is 0. The van der Waals surface area contributed by atoms with Crippen molar-refractivity contribution in [1.29, 1.82) is 0 Å². The van der Waals surface area contributed by atoms with E-state index in [1.165, 1.54) is 18.2 Å². The van der Waals surface area contributed by atoms with Gasteiger partial charge >= 0.3 is 5.92 Å². The summed E-state index contributed by atoms with van der Waals surface area (Å²) in [5.74, 6) is -4.84. The molecule has 0 bridgehead atoms. The molecule has 1 unspecified atom stereocenters. The molecule has 0 N–H and O–H groups in total. The molecular weight excluding hydrogens is 237 g/mol. The van der Waals surface area contributed by atoms with Crippen LogP contribution in [0.15, 0.2) is 36.7 Å². The lowest BCUT2D eigenvalue weighted by Gasteiger charge is -2.51.